The van der Waals surface area contributed by atoms with Crippen LogP contribution in [-0.2, 0) is 13.2 Å². The van der Waals surface area contributed by atoms with E-state index in [2.05, 4.69) is 0 Å². The lowest BCUT2D eigenvalue weighted by molar-refractivity contribution is -0.137. The highest BCUT2D eigenvalue weighted by molar-refractivity contribution is 6.31. The van der Waals surface area contributed by atoms with Crippen LogP contribution in [0.4, 0.5) is 19.0 Å². The van der Waals surface area contributed by atoms with E-state index in [4.69, 9.17) is 17.3 Å². The molecule has 0 fully saturated rings. The number of nitrogen functional groups attached to an aromatic ring is 1. The molecular formula is C18H14ClF3N2O. The molecule has 3 aromatic rings. The molecule has 0 amide bonds. The summed E-state index contributed by atoms with van der Waals surface area (Å²) in [5.74, 6) is -0.0200. The van der Waals surface area contributed by atoms with Gasteiger partial charge in [0.1, 0.15) is 5.82 Å². The number of nitrogens with zero attached hydrogens (tertiary/aromatic N) is 1. The topological polar surface area (TPSA) is 51.2 Å². The highest BCUT2D eigenvalue weighted by Crippen LogP contribution is 2.46. The Morgan fingerprint density at radius 3 is 2.28 bits per heavy atom. The number of hydrogen-bond donors (Lipinski definition) is 2. The van der Waals surface area contributed by atoms with Crippen LogP contribution in [0.25, 0.3) is 22.4 Å². The van der Waals surface area contributed by atoms with Crippen molar-refractivity contribution in [2.24, 2.45) is 7.05 Å². The third-order valence-corrected chi connectivity index (χ3v) is 4.35. The van der Waals surface area contributed by atoms with Crippen LogP contribution in [0.3, 0.4) is 0 Å². The molecule has 0 saturated heterocycles. The summed E-state index contributed by atoms with van der Waals surface area (Å²) in [5, 5.41) is 10.2. The zero-order valence-corrected chi connectivity index (χ0v) is 13.9. The highest BCUT2D eigenvalue weighted by Gasteiger charge is 2.34. The van der Waals surface area contributed by atoms with Crippen LogP contribution in [0.5, 0.6) is 5.75 Å². The fourth-order valence-corrected chi connectivity index (χ4v) is 3.02. The minimum atomic E-state index is -4.60. The zero-order chi connectivity index (χ0) is 18.4. The molecule has 0 atom stereocenters. The largest absolute Gasteiger partial charge is 0.505 e. The van der Waals surface area contributed by atoms with Gasteiger partial charge in [-0.2, -0.15) is 13.2 Å². The molecule has 0 spiro atoms. The van der Waals surface area contributed by atoms with Crippen LogP contribution in [0, 0.1) is 0 Å². The fourth-order valence-electron chi connectivity index (χ4n) is 2.80. The molecule has 0 bridgehead atoms. The van der Waals surface area contributed by atoms with Crippen LogP contribution in [0.2, 0.25) is 5.02 Å². The van der Waals surface area contributed by atoms with Crippen molar-refractivity contribution in [3.8, 4) is 28.1 Å². The number of nitrogens with two attached hydrogens (primary N) is 1. The Bertz CT molecular complexity index is 934. The van der Waals surface area contributed by atoms with Crippen molar-refractivity contribution in [2.45, 2.75) is 6.18 Å². The van der Waals surface area contributed by atoms with Gasteiger partial charge < -0.3 is 15.4 Å². The van der Waals surface area contributed by atoms with E-state index in [0.29, 0.717) is 11.3 Å². The maximum atomic E-state index is 13.1. The molecule has 0 saturated carbocycles. The normalized spacial score (nSPS) is 11.7. The van der Waals surface area contributed by atoms with Gasteiger partial charge in [-0.1, -0.05) is 48.0 Å². The molecule has 0 unspecified atom stereocenters. The van der Waals surface area contributed by atoms with Crippen molar-refractivity contribution in [1.29, 1.82) is 0 Å². The fraction of sp³-hybridized carbons (Fsp3) is 0.111. The van der Waals surface area contributed by atoms with Gasteiger partial charge >= 0.3 is 6.18 Å². The maximum absolute atomic E-state index is 13.1. The Morgan fingerprint density at radius 1 is 1.04 bits per heavy atom. The van der Waals surface area contributed by atoms with Crippen molar-refractivity contribution < 1.29 is 18.3 Å². The van der Waals surface area contributed by atoms with E-state index in [1.807, 2.05) is 6.07 Å². The van der Waals surface area contributed by atoms with Crippen LogP contribution in [0.15, 0.2) is 48.5 Å². The average Bonchev–Trinajstić information content (AvgIpc) is 2.78. The van der Waals surface area contributed by atoms with Gasteiger partial charge in [0.25, 0.3) is 0 Å². The van der Waals surface area contributed by atoms with E-state index in [1.54, 1.807) is 35.9 Å². The van der Waals surface area contributed by atoms with E-state index >= 15 is 0 Å². The van der Waals surface area contributed by atoms with E-state index in [1.165, 1.54) is 6.07 Å². The summed E-state index contributed by atoms with van der Waals surface area (Å²) in [4.78, 5) is 0. The summed E-state index contributed by atoms with van der Waals surface area (Å²) in [7, 11) is 1.64. The van der Waals surface area contributed by atoms with Crippen LogP contribution in [0.1, 0.15) is 5.56 Å². The van der Waals surface area contributed by atoms with Crippen molar-refractivity contribution in [3.05, 3.63) is 59.1 Å². The Labute approximate surface area is 147 Å². The third kappa shape index (κ3) is 2.93. The van der Waals surface area contributed by atoms with E-state index in [-0.39, 0.29) is 22.7 Å². The Morgan fingerprint density at radius 2 is 1.68 bits per heavy atom. The molecule has 0 aliphatic rings. The van der Waals surface area contributed by atoms with Gasteiger partial charge in [-0.15, -0.1) is 0 Å². The minimum Gasteiger partial charge on any atom is -0.505 e. The number of benzene rings is 2. The molecule has 0 radical (unpaired) electrons. The quantitative estimate of drug-likeness (QED) is 0.645. The van der Waals surface area contributed by atoms with Gasteiger partial charge in [0.05, 0.1) is 21.8 Å². The molecule has 3 nitrogen and oxygen atoms in total. The van der Waals surface area contributed by atoms with E-state index in [0.717, 1.165) is 12.1 Å². The first-order chi connectivity index (χ1) is 11.7. The van der Waals surface area contributed by atoms with Gasteiger partial charge in [-0.05, 0) is 17.7 Å². The molecule has 130 valence electrons. The molecule has 2 aromatic carbocycles. The first-order valence-electron chi connectivity index (χ1n) is 7.31. The van der Waals surface area contributed by atoms with Crippen LogP contribution < -0.4 is 5.73 Å². The lowest BCUT2D eigenvalue weighted by atomic mass is 10.0. The van der Waals surface area contributed by atoms with Gasteiger partial charge in [0.15, 0.2) is 5.75 Å². The smallest absolute Gasteiger partial charge is 0.417 e. The Balaban J connectivity index is 2.23. The molecule has 1 aromatic heterocycles. The molecule has 3 N–H and O–H groups in total. The summed E-state index contributed by atoms with van der Waals surface area (Å²) < 4.78 is 40.9. The van der Waals surface area contributed by atoms with Crippen LogP contribution in [-0.4, -0.2) is 9.67 Å². The SMILES string of the molecule is Cn1c(N)c(-c2ccc(Cl)c(C(F)(F)F)c2)c(O)c1-c1ccccc1. The van der Waals surface area contributed by atoms with Crippen molar-refractivity contribution in [3.63, 3.8) is 0 Å². The standard InChI is InChI=1S/C18H14ClF3N2O/c1-24-15(10-5-3-2-4-6-10)16(25)14(17(24)23)11-7-8-13(19)12(9-11)18(20,21)22/h2-9,25H,23H2,1H3. The van der Waals surface area contributed by atoms with Crippen molar-refractivity contribution in [2.75, 3.05) is 5.73 Å². The maximum Gasteiger partial charge on any atom is 0.417 e. The van der Waals surface area contributed by atoms with E-state index < -0.39 is 16.8 Å². The van der Waals surface area contributed by atoms with Gasteiger partial charge in [0.2, 0.25) is 0 Å². The second-order valence-electron chi connectivity index (χ2n) is 5.57. The zero-order valence-electron chi connectivity index (χ0n) is 13.1. The molecule has 3 rings (SSSR count). The van der Waals surface area contributed by atoms with Gasteiger partial charge in [-0.3, -0.25) is 0 Å². The number of aromatic hydroxyl groups is 1. The van der Waals surface area contributed by atoms with Gasteiger partial charge in [0, 0.05) is 12.6 Å². The number of anilines is 1. The number of alkyl halides is 3. The summed E-state index contributed by atoms with van der Waals surface area (Å²) in [5.41, 5.74) is 6.50. The van der Waals surface area contributed by atoms with Crippen molar-refractivity contribution >= 4 is 17.4 Å². The second kappa shape index (κ2) is 6.04. The third-order valence-electron chi connectivity index (χ3n) is 4.02. The first-order valence-corrected chi connectivity index (χ1v) is 7.69. The summed E-state index contributed by atoms with van der Waals surface area (Å²) in [6, 6.07) is 12.4. The average molecular weight is 367 g/mol. The monoisotopic (exact) mass is 366 g/mol. The lowest BCUT2D eigenvalue weighted by Crippen LogP contribution is -2.06. The summed E-state index contributed by atoms with van der Waals surface area (Å²) >= 11 is 5.66. The minimum absolute atomic E-state index is 0.142. The second-order valence-corrected chi connectivity index (χ2v) is 5.98. The van der Waals surface area contributed by atoms with Gasteiger partial charge in [-0.25, -0.2) is 0 Å². The Hall–Kier alpha value is -2.60. The highest BCUT2D eigenvalue weighted by atomic mass is 35.5. The predicted octanol–water partition coefficient (Wildman–Crippen LogP) is 5.32. The number of rotatable bonds is 2. The van der Waals surface area contributed by atoms with Crippen LogP contribution >= 0.6 is 11.6 Å². The molecular weight excluding hydrogens is 353 g/mol. The number of halogens is 4. The first kappa shape index (κ1) is 17.2. The predicted molar refractivity (Wildman–Crippen MR) is 92.4 cm³/mol. The Kier molecular flexibility index (Phi) is 4.16. The summed E-state index contributed by atoms with van der Waals surface area (Å²) in [6.45, 7) is 0. The summed E-state index contributed by atoms with van der Waals surface area (Å²) in [6.07, 6.45) is -4.60. The van der Waals surface area contributed by atoms with E-state index in [9.17, 15) is 18.3 Å². The molecule has 25 heavy (non-hydrogen) atoms. The molecule has 0 aliphatic heterocycles. The number of hydrogen-bond acceptors (Lipinski definition) is 2. The number of aromatic nitrogens is 1. The molecule has 1 heterocycles. The molecule has 7 heteroatoms. The lowest BCUT2D eigenvalue weighted by Gasteiger charge is -2.11. The van der Waals surface area contributed by atoms with Crippen molar-refractivity contribution in [1.82, 2.24) is 4.57 Å². The molecule has 0 aliphatic carbocycles.